The second-order valence-corrected chi connectivity index (χ2v) is 32.0. The van der Waals surface area contributed by atoms with Gasteiger partial charge < -0.3 is 0 Å². The van der Waals surface area contributed by atoms with Crippen molar-refractivity contribution in [3.05, 3.63) is 163 Å². The third-order valence-electron chi connectivity index (χ3n) is 9.64. The van der Waals surface area contributed by atoms with Gasteiger partial charge >= 0.3 is 0 Å². The van der Waals surface area contributed by atoms with Crippen molar-refractivity contribution in [1.29, 1.82) is 0 Å². The van der Waals surface area contributed by atoms with Crippen molar-refractivity contribution in [3.8, 4) is 0 Å². The molecule has 3 heteroatoms. The predicted octanol–water partition coefficient (Wildman–Crippen LogP) is 6.70. The number of rotatable bonds is 8. The zero-order valence-electron chi connectivity index (χ0n) is 25.2. The lowest BCUT2D eigenvalue weighted by atomic mass is 10.1. The molecule has 0 aromatic heterocycles. The zero-order chi connectivity index (χ0) is 29.2. The van der Waals surface area contributed by atoms with Gasteiger partial charge in [-0.25, -0.2) is 0 Å². The fourth-order valence-electron chi connectivity index (χ4n) is 7.04. The lowest BCUT2D eigenvalue weighted by Gasteiger charge is -2.43. The average molecular weight is 593 g/mol. The molecular formula is C39H40Si3. The maximum atomic E-state index is 2.68. The number of hydrogen-bond donors (Lipinski definition) is 0. The van der Waals surface area contributed by atoms with Gasteiger partial charge in [-0.1, -0.05) is 195 Å². The lowest BCUT2D eigenvalue weighted by Crippen LogP contribution is -2.73. The van der Waals surface area contributed by atoms with Crippen LogP contribution in [0.4, 0.5) is 0 Å². The molecule has 0 amide bonds. The summed E-state index contributed by atoms with van der Waals surface area (Å²) in [5.41, 5.74) is 1.53. The van der Waals surface area contributed by atoms with E-state index < -0.39 is 23.3 Å². The SMILES string of the molecule is C[Si](C)(C)[Si](C)(c1ccccc1C[Si](c1ccccc1)(c1ccccc1)c1ccccc1)c1cccc2ccccc12. The minimum absolute atomic E-state index is 1.04. The van der Waals surface area contributed by atoms with Crippen molar-refractivity contribution >= 4 is 60.0 Å². The third kappa shape index (κ3) is 4.86. The summed E-state index contributed by atoms with van der Waals surface area (Å²) in [6.45, 7) is 10.5. The Balaban J connectivity index is 1.65. The van der Waals surface area contributed by atoms with Gasteiger partial charge in [-0.2, -0.15) is 0 Å². The molecule has 0 aliphatic rings. The molecule has 0 nitrogen and oxygen atoms in total. The van der Waals surface area contributed by atoms with Gasteiger partial charge in [0.05, 0.1) is 0 Å². The van der Waals surface area contributed by atoms with Gasteiger partial charge in [-0.3, -0.25) is 0 Å². The van der Waals surface area contributed by atoms with Crippen molar-refractivity contribution < 1.29 is 0 Å². The normalized spacial score (nSPS) is 13.5. The van der Waals surface area contributed by atoms with Crippen molar-refractivity contribution in [2.75, 3.05) is 0 Å². The molecule has 0 saturated heterocycles. The molecule has 6 aromatic carbocycles. The summed E-state index contributed by atoms with van der Waals surface area (Å²) in [5.74, 6) is 0. The van der Waals surface area contributed by atoms with Gasteiger partial charge in [0.25, 0.3) is 0 Å². The van der Waals surface area contributed by atoms with Crippen LogP contribution < -0.4 is 25.9 Å². The van der Waals surface area contributed by atoms with E-state index in [1.54, 1.807) is 10.4 Å². The summed E-state index contributed by atoms with van der Waals surface area (Å²) in [7, 11) is -6.30. The van der Waals surface area contributed by atoms with Crippen LogP contribution in [0.2, 0.25) is 26.2 Å². The molecule has 42 heavy (non-hydrogen) atoms. The summed E-state index contributed by atoms with van der Waals surface area (Å²) in [6, 6.07) is 60.8. The second-order valence-electron chi connectivity index (χ2n) is 12.7. The number of benzene rings is 6. The van der Waals surface area contributed by atoms with E-state index in [0.717, 1.165) is 6.04 Å². The largest absolute Gasteiger partial charge is 0.152 e. The van der Waals surface area contributed by atoms with Crippen LogP contribution in [0.3, 0.4) is 0 Å². The Bertz CT molecular complexity index is 1690. The first-order valence-electron chi connectivity index (χ1n) is 15.1. The summed E-state index contributed by atoms with van der Waals surface area (Å²) < 4.78 is 0. The zero-order valence-corrected chi connectivity index (χ0v) is 28.2. The van der Waals surface area contributed by atoms with Crippen LogP contribution in [0.5, 0.6) is 0 Å². The van der Waals surface area contributed by atoms with Gasteiger partial charge in [0, 0.05) is 7.59 Å². The molecule has 0 fully saturated rings. The highest BCUT2D eigenvalue weighted by Gasteiger charge is 2.48. The first kappa shape index (κ1) is 28.4. The standard InChI is InChI=1S/C39H40Si3/c1-40(2,3)41(4,39-30-18-21-32-19-14-16-28-37(32)39)38-29-17-15-20-33(38)31-42(34-22-8-5-9-23-34,35-24-10-6-11-25-35)36-26-12-7-13-27-36/h5-30H,31H2,1-4H3. The fourth-order valence-corrected chi connectivity index (χ4v) is 22.6. The van der Waals surface area contributed by atoms with Crippen LogP contribution >= 0.6 is 0 Å². The summed E-state index contributed by atoms with van der Waals surface area (Å²) in [6.07, 6.45) is 0. The molecule has 0 aliphatic carbocycles. The first-order chi connectivity index (χ1) is 20.4. The van der Waals surface area contributed by atoms with E-state index in [1.165, 1.54) is 31.9 Å². The molecule has 6 aromatic rings. The van der Waals surface area contributed by atoms with E-state index in [0.29, 0.717) is 0 Å². The van der Waals surface area contributed by atoms with Crippen molar-refractivity contribution in [2.45, 2.75) is 32.2 Å². The Morgan fingerprint density at radius 1 is 0.405 bits per heavy atom. The molecular weight excluding hydrogens is 553 g/mol. The van der Waals surface area contributed by atoms with Gasteiger partial charge in [0.2, 0.25) is 0 Å². The topological polar surface area (TPSA) is 0 Å². The van der Waals surface area contributed by atoms with E-state index in [2.05, 4.69) is 184 Å². The van der Waals surface area contributed by atoms with Gasteiger partial charge in [-0.05, 0) is 37.6 Å². The van der Waals surface area contributed by atoms with E-state index in [4.69, 9.17) is 0 Å². The van der Waals surface area contributed by atoms with Crippen molar-refractivity contribution in [1.82, 2.24) is 0 Å². The Kier molecular flexibility index (Phi) is 7.75. The first-order valence-corrected chi connectivity index (χ1v) is 24.3. The van der Waals surface area contributed by atoms with Gasteiger partial charge in [0.15, 0.2) is 8.07 Å². The maximum absolute atomic E-state index is 2.68. The van der Waals surface area contributed by atoms with Crippen LogP contribution in [0.15, 0.2) is 158 Å². The molecule has 0 saturated carbocycles. The van der Waals surface area contributed by atoms with E-state index in [-0.39, 0.29) is 0 Å². The number of hydrogen-bond acceptors (Lipinski definition) is 0. The molecule has 0 radical (unpaired) electrons. The third-order valence-corrected chi connectivity index (χ3v) is 31.2. The molecule has 208 valence electrons. The highest BCUT2D eigenvalue weighted by molar-refractivity contribution is 7.51. The molecule has 0 spiro atoms. The molecule has 0 bridgehead atoms. The monoisotopic (exact) mass is 592 g/mol. The van der Waals surface area contributed by atoms with Crippen LogP contribution in [-0.2, 0) is 6.04 Å². The second kappa shape index (κ2) is 11.5. The summed E-state index contributed by atoms with van der Waals surface area (Å²) in [5, 5.41) is 10.4. The predicted molar refractivity (Wildman–Crippen MR) is 192 cm³/mol. The molecule has 0 aliphatic heterocycles. The molecule has 1 atom stereocenters. The van der Waals surface area contributed by atoms with E-state index in [9.17, 15) is 0 Å². The van der Waals surface area contributed by atoms with E-state index >= 15 is 0 Å². The molecule has 1 unspecified atom stereocenters. The van der Waals surface area contributed by atoms with Crippen molar-refractivity contribution in [3.63, 3.8) is 0 Å². The van der Waals surface area contributed by atoms with Gasteiger partial charge in [0.1, 0.15) is 7.59 Å². The Morgan fingerprint density at radius 2 is 0.833 bits per heavy atom. The van der Waals surface area contributed by atoms with Gasteiger partial charge in [-0.15, -0.1) is 0 Å². The van der Waals surface area contributed by atoms with Crippen LogP contribution in [0.25, 0.3) is 10.8 Å². The Labute approximate surface area is 254 Å². The summed E-state index contributed by atoms with van der Waals surface area (Å²) in [4.78, 5) is 0. The Hall–Kier alpha value is -3.77. The minimum Gasteiger partial charge on any atom is -0.0709 e. The molecule has 0 N–H and O–H groups in total. The maximum Gasteiger partial charge on any atom is 0.152 e. The van der Waals surface area contributed by atoms with Crippen LogP contribution in [0.1, 0.15) is 5.56 Å². The molecule has 6 rings (SSSR count). The smallest absolute Gasteiger partial charge is 0.0709 e. The fraction of sp³-hybridized carbons (Fsp3) is 0.128. The average Bonchev–Trinajstić information content (AvgIpc) is 3.04. The van der Waals surface area contributed by atoms with Crippen LogP contribution in [-0.4, -0.2) is 23.3 Å². The number of fused-ring (bicyclic) bond motifs is 1. The lowest BCUT2D eigenvalue weighted by molar-refractivity contribution is 1.36. The quantitative estimate of drug-likeness (QED) is 0.136. The molecule has 0 heterocycles. The highest BCUT2D eigenvalue weighted by atomic mass is 29.3. The van der Waals surface area contributed by atoms with E-state index in [1.807, 2.05) is 0 Å². The Morgan fingerprint density at radius 3 is 1.38 bits per heavy atom. The summed E-state index contributed by atoms with van der Waals surface area (Å²) >= 11 is 0. The van der Waals surface area contributed by atoms with Crippen molar-refractivity contribution in [2.24, 2.45) is 0 Å². The highest BCUT2D eigenvalue weighted by Crippen LogP contribution is 2.26. The van der Waals surface area contributed by atoms with Crippen LogP contribution in [0, 0.1) is 0 Å². The minimum atomic E-state index is -2.45.